The van der Waals surface area contributed by atoms with Gasteiger partial charge in [0.15, 0.2) is 0 Å². The van der Waals surface area contributed by atoms with Gasteiger partial charge in [0.1, 0.15) is 0 Å². The van der Waals surface area contributed by atoms with Gasteiger partial charge in [0, 0.05) is 37.0 Å². The predicted molar refractivity (Wildman–Crippen MR) is 128 cm³/mol. The van der Waals surface area contributed by atoms with Gasteiger partial charge in [0.2, 0.25) is 10.0 Å². The number of hydrogen-bond donors (Lipinski definition) is 2. The number of aromatic nitrogens is 2. The van der Waals surface area contributed by atoms with Crippen molar-refractivity contribution < 1.29 is 26.4 Å². The van der Waals surface area contributed by atoms with Crippen molar-refractivity contribution in [1.82, 2.24) is 9.55 Å². The summed E-state index contributed by atoms with van der Waals surface area (Å²) in [6.45, 7) is -0.187. The lowest BCUT2D eigenvalue weighted by atomic mass is 9.99. The summed E-state index contributed by atoms with van der Waals surface area (Å²) in [5, 5.41) is 2.91. The van der Waals surface area contributed by atoms with Crippen LogP contribution in [0, 0.1) is 5.92 Å². The molecule has 0 saturated carbocycles. The molecule has 186 valence electrons. The molecule has 2 aromatic heterocycles. The molecule has 1 aliphatic heterocycles. The highest BCUT2D eigenvalue weighted by molar-refractivity contribution is 7.92. The summed E-state index contributed by atoms with van der Waals surface area (Å²) < 4.78 is 65.1. The Morgan fingerprint density at radius 2 is 1.83 bits per heavy atom. The summed E-state index contributed by atoms with van der Waals surface area (Å²) in [4.78, 5) is 18.8. The number of nitrogens with one attached hydrogen (secondary N) is 2. The first-order chi connectivity index (χ1) is 16.3. The van der Waals surface area contributed by atoms with E-state index in [-0.39, 0.29) is 23.8 Å². The minimum atomic E-state index is -4.19. The van der Waals surface area contributed by atoms with Crippen LogP contribution in [0.15, 0.2) is 48.8 Å². The Kier molecular flexibility index (Phi) is 6.45. The van der Waals surface area contributed by atoms with Crippen molar-refractivity contribution in [2.45, 2.75) is 6.18 Å². The van der Waals surface area contributed by atoms with Gasteiger partial charge in [-0.2, -0.15) is 13.2 Å². The molecule has 0 unspecified atom stereocenters. The standard InChI is InChI=1S/C22H21ClF3N5O3S/c1-30-10-13(21(32)28-16-6-15(23)7-17(8-16)29-35(2,33)34)5-20(30)19-4-3-18(9-27-19)31-11-14(12-31)22(24,25)26/h3-10,14,29H,11-12H2,1-2H3,(H,28,32). The van der Waals surface area contributed by atoms with Gasteiger partial charge in [-0.05, 0) is 36.4 Å². The smallest absolute Gasteiger partial charge is 0.369 e. The van der Waals surface area contributed by atoms with Crippen LogP contribution in [0.5, 0.6) is 0 Å². The first-order valence-corrected chi connectivity index (χ1v) is 12.6. The third-order valence-corrected chi connectivity index (χ3v) is 6.27. The highest BCUT2D eigenvalue weighted by Gasteiger charge is 2.47. The fourth-order valence-electron chi connectivity index (χ4n) is 3.70. The van der Waals surface area contributed by atoms with E-state index >= 15 is 0 Å². The van der Waals surface area contributed by atoms with E-state index in [1.54, 1.807) is 40.9 Å². The second-order valence-corrected chi connectivity index (χ2v) is 10.5. The Labute approximate surface area is 204 Å². The molecule has 0 atom stereocenters. The van der Waals surface area contributed by atoms with E-state index in [4.69, 9.17) is 11.6 Å². The van der Waals surface area contributed by atoms with Gasteiger partial charge >= 0.3 is 6.18 Å². The number of amides is 1. The minimum absolute atomic E-state index is 0.0933. The number of pyridine rings is 1. The topological polar surface area (TPSA) is 96.3 Å². The van der Waals surface area contributed by atoms with Crippen LogP contribution >= 0.6 is 11.6 Å². The molecular weight excluding hydrogens is 507 g/mol. The average Bonchev–Trinajstić information content (AvgIpc) is 3.06. The van der Waals surface area contributed by atoms with Crippen LogP contribution in [-0.2, 0) is 17.1 Å². The fourth-order valence-corrected chi connectivity index (χ4v) is 4.48. The summed E-state index contributed by atoms with van der Waals surface area (Å²) in [5.41, 5.74) is 2.60. The predicted octanol–water partition coefficient (Wildman–Crippen LogP) is 4.36. The molecule has 0 aliphatic carbocycles. The van der Waals surface area contributed by atoms with Crippen molar-refractivity contribution in [3.05, 3.63) is 59.4 Å². The van der Waals surface area contributed by atoms with E-state index in [2.05, 4.69) is 15.0 Å². The molecule has 35 heavy (non-hydrogen) atoms. The number of rotatable bonds is 6. The van der Waals surface area contributed by atoms with Crippen molar-refractivity contribution in [2.24, 2.45) is 13.0 Å². The maximum atomic E-state index is 12.8. The lowest BCUT2D eigenvalue weighted by Gasteiger charge is -2.41. The zero-order chi connectivity index (χ0) is 25.5. The van der Waals surface area contributed by atoms with Crippen LogP contribution in [0.1, 0.15) is 10.4 Å². The van der Waals surface area contributed by atoms with Crippen molar-refractivity contribution in [1.29, 1.82) is 0 Å². The molecule has 1 fully saturated rings. The largest absolute Gasteiger partial charge is 0.395 e. The molecule has 3 heterocycles. The van der Waals surface area contributed by atoms with Gasteiger partial charge in [0.05, 0.1) is 46.7 Å². The number of sulfonamides is 1. The van der Waals surface area contributed by atoms with Crippen molar-refractivity contribution in [2.75, 3.05) is 34.3 Å². The van der Waals surface area contributed by atoms with Gasteiger partial charge in [-0.15, -0.1) is 0 Å². The summed E-state index contributed by atoms with van der Waals surface area (Å²) in [6, 6.07) is 9.35. The zero-order valence-electron chi connectivity index (χ0n) is 18.6. The van der Waals surface area contributed by atoms with Crippen LogP contribution in [0.2, 0.25) is 5.02 Å². The summed E-state index contributed by atoms with van der Waals surface area (Å²) in [6.07, 6.45) is -0.0808. The first kappa shape index (κ1) is 24.9. The van der Waals surface area contributed by atoms with E-state index < -0.39 is 28.0 Å². The van der Waals surface area contributed by atoms with Gasteiger partial charge in [-0.1, -0.05) is 11.6 Å². The van der Waals surface area contributed by atoms with Gasteiger partial charge in [-0.25, -0.2) is 8.42 Å². The normalized spacial score (nSPS) is 14.5. The Morgan fingerprint density at radius 1 is 1.14 bits per heavy atom. The number of alkyl halides is 3. The number of carbonyl (C=O) groups is 1. The Hall–Kier alpha value is -3.25. The lowest BCUT2D eigenvalue weighted by Crippen LogP contribution is -2.53. The molecule has 0 spiro atoms. The number of anilines is 3. The fraction of sp³-hybridized carbons (Fsp3) is 0.273. The SMILES string of the molecule is Cn1cc(C(=O)Nc2cc(Cl)cc(NS(C)(=O)=O)c2)cc1-c1ccc(N2CC(C(F)(F)F)C2)cn1. The number of hydrogen-bond acceptors (Lipinski definition) is 5. The highest BCUT2D eigenvalue weighted by Crippen LogP contribution is 2.36. The van der Waals surface area contributed by atoms with Gasteiger partial charge < -0.3 is 14.8 Å². The number of benzene rings is 1. The molecule has 3 aromatic rings. The summed E-state index contributed by atoms with van der Waals surface area (Å²) in [5.74, 6) is -1.77. The van der Waals surface area contributed by atoms with E-state index in [1.165, 1.54) is 24.4 Å². The van der Waals surface area contributed by atoms with E-state index in [1.807, 2.05) is 0 Å². The lowest BCUT2D eigenvalue weighted by molar-refractivity contribution is -0.180. The third kappa shape index (κ3) is 5.88. The Balaban J connectivity index is 1.47. The molecule has 2 N–H and O–H groups in total. The molecule has 4 rings (SSSR count). The van der Waals surface area contributed by atoms with Crippen molar-refractivity contribution >= 4 is 44.6 Å². The molecule has 1 aromatic carbocycles. The third-order valence-electron chi connectivity index (χ3n) is 5.45. The highest BCUT2D eigenvalue weighted by atomic mass is 35.5. The Bertz CT molecular complexity index is 1370. The number of halogens is 4. The monoisotopic (exact) mass is 527 g/mol. The maximum absolute atomic E-state index is 12.8. The van der Waals surface area contributed by atoms with Crippen LogP contribution in [0.25, 0.3) is 11.4 Å². The van der Waals surface area contributed by atoms with E-state index in [0.717, 1.165) is 6.26 Å². The number of nitrogens with zero attached hydrogens (tertiary/aromatic N) is 3. The van der Waals surface area contributed by atoms with Crippen LogP contribution in [-0.4, -0.2) is 49.4 Å². The van der Waals surface area contributed by atoms with E-state index in [9.17, 15) is 26.4 Å². The van der Waals surface area contributed by atoms with Gasteiger partial charge in [-0.3, -0.25) is 14.5 Å². The molecule has 1 aliphatic rings. The second kappa shape index (κ2) is 9.08. The van der Waals surface area contributed by atoms with Crippen LogP contribution < -0.4 is 14.9 Å². The summed E-state index contributed by atoms with van der Waals surface area (Å²) in [7, 11) is -1.79. The second-order valence-electron chi connectivity index (χ2n) is 8.33. The molecule has 8 nitrogen and oxygen atoms in total. The summed E-state index contributed by atoms with van der Waals surface area (Å²) >= 11 is 6.04. The van der Waals surface area contributed by atoms with Crippen molar-refractivity contribution in [3.8, 4) is 11.4 Å². The zero-order valence-corrected chi connectivity index (χ0v) is 20.2. The maximum Gasteiger partial charge on any atom is 0.395 e. The quantitative estimate of drug-likeness (QED) is 0.496. The average molecular weight is 528 g/mol. The van der Waals surface area contributed by atoms with E-state index in [0.29, 0.717) is 28.3 Å². The van der Waals surface area contributed by atoms with Crippen LogP contribution in [0.4, 0.5) is 30.2 Å². The molecule has 0 bridgehead atoms. The molecule has 0 radical (unpaired) electrons. The van der Waals surface area contributed by atoms with Crippen LogP contribution in [0.3, 0.4) is 0 Å². The van der Waals surface area contributed by atoms with Crippen molar-refractivity contribution in [3.63, 3.8) is 0 Å². The number of aryl methyl sites for hydroxylation is 1. The molecular formula is C22H21ClF3N5O3S. The first-order valence-electron chi connectivity index (χ1n) is 10.3. The minimum Gasteiger partial charge on any atom is -0.369 e. The molecule has 1 amide bonds. The molecule has 1 saturated heterocycles. The Morgan fingerprint density at radius 3 is 2.43 bits per heavy atom. The van der Waals surface area contributed by atoms with Gasteiger partial charge in [0.25, 0.3) is 5.91 Å². The molecule has 13 heteroatoms. The number of carbonyl (C=O) groups excluding carboxylic acids is 1.